The Kier molecular flexibility index (Phi) is 5.16. The third-order valence-electron chi connectivity index (χ3n) is 8.45. The average molecular weight is 476 g/mol. The van der Waals surface area contributed by atoms with Crippen LogP contribution >= 0.6 is 0 Å². The van der Waals surface area contributed by atoms with Crippen LogP contribution in [-0.2, 0) is 23.1 Å². The zero-order valence-corrected chi connectivity index (χ0v) is 20.4. The highest BCUT2D eigenvalue weighted by Crippen LogP contribution is 2.54. The number of amides is 1. The molecule has 0 bridgehead atoms. The molecule has 0 unspecified atom stereocenters. The van der Waals surface area contributed by atoms with Crippen molar-refractivity contribution in [1.29, 1.82) is 0 Å². The van der Waals surface area contributed by atoms with Crippen molar-refractivity contribution in [3.8, 4) is 11.3 Å². The zero-order chi connectivity index (χ0) is 24.3. The molecule has 3 aromatic rings. The van der Waals surface area contributed by atoms with E-state index in [9.17, 15) is 4.79 Å². The van der Waals surface area contributed by atoms with E-state index < -0.39 is 0 Å². The van der Waals surface area contributed by atoms with E-state index in [2.05, 4.69) is 23.9 Å². The van der Waals surface area contributed by atoms with Gasteiger partial charge >= 0.3 is 0 Å². The quantitative estimate of drug-likeness (QED) is 0.555. The van der Waals surface area contributed by atoms with Crippen molar-refractivity contribution in [2.45, 2.75) is 51.4 Å². The van der Waals surface area contributed by atoms with Crippen molar-refractivity contribution in [3.05, 3.63) is 58.9 Å². The first-order valence-corrected chi connectivity index (χ1v) is 12.5. The lowest BCUT2D eigenvalue weighted by atomic mass is 9.56. The number of halogens is 1. The second-order valence-electron chi connectivity index (χ2n) is 10.4. The summed E-state index contributed by atoms with van der Waals surface area (Å²) in [7, 11) is 0. The summed E-state index contributed by atoms with van der Waals surface area (Å²) >= 11 is 0. The third kappa shape index (κ3) is 3.45. The topological polar surface area (TPSA) is 75.4 Å². The predicted molar refractivity (Wildman–Crippen MR) is 130 cm³/mol. The number of aromatic nitrogens is 3. The highest BCUT2D eigenvalue weighted by atomic mass is 19.1. The molecule has 0 N–H and O–H groups in total. The molecule has 1 aromatic carbocycles. The van der Waals surface area contributed by atoms with Crippen LogP contribution in [0.2, 0.25) is 0 Å². The Hall–Kier alpha value is -3.29. The molecule has 3 heterocycles. The number of hydrogen-bond donors (Lipinski definition) is 0. The van der Waals surface area contributed by atoms with Gasteiger partial charge in [0.2, 0.25) is 11.9 Å². The number of nitrogens with zero attached hydrogens (tertiary/aromatic N) is 5. The molecule has 182 valence electrons. The van der Waals surface area contributed by atoms with E-state index in [-0.39, 0.29) is 23.1 Å². The second kappa shape index (κ2) is 8.14. The van der Waals surface area contributed by atoms with Crippen molar-refractivity contribution in [2.75, 3.05) is 31.1 Å². The SMILES string of the molecule is CC(=O)N1CCN(c2nc(-c3ccccc3F)c3c(n2)[C@]2(C)Cc4cnoc4[C@H](C)[C@H]2CC3)CC1. The maximum absolute atomic E-state index is 15.1. The summed E-state index contributed by atoms with van der Waals surface area (Å²) in [4.78, 5) is 26.0. The summed E-state index contributed by atoms with van der Waals surface area (Å²) in [5.41, 5.74) is 4.18. The van der Waals surface area contributed by atoms with Crippen LogP contribution in [0.1, 0.15) is 55.7 Å². The van der Waals surface area contributed by atoms with Gasteiger partial charge in [0.15, 0.2) is 0 Å². The van der Waals surface area contributed by atoms with Gasteiger partial charge in [-0.2, -0.15) is 0 Å². The normalized spacial score (nSPS) is 25.6. The number of carbonyl (C=O) groups is 1. The molecule has 7 nitrogen and oxygen atoms in total. The largest absolute Gasteiger partial charge is 0.361 e. The lowest BCUT2D eigenvalue weighted by Crippen LogP contribution is -2.49. The summed E-state index contributed by atoms with van der Waals surface area (Å²) in [6.07, 6.45) is 4.39. The van der Waals surface area contributed by atoms with Crippen LogP contribution in [-0.4, -0.2) is 52.1 Å². The minimum atomic E-state index is -0.272. The van der Waals surface area contributed by atoms with E-state index in [4.69, 9.17) is 14.5 Å². The van der Waals surface area contributed by atoms with Crippen molar-refractivity contribution in [3.63, 3.8) is 0 Å². The number of fused-ring (bicyclic) bond motifs is 4. The molecular weight excluding hydrogens is 445 g/mol. The van der Waals surface area contributed by atoms with Gasteiger partial charge in [-0.1, -0.05) is 31.1 Å². The number of anilines is 1. The Morgan fingerprint density at radius 1 is 1.17 bits per heavy atom. The molecule has 1 saturated heterocycles. The minimum Gasteiger partial charge on any atom is -0.361 e. The Morgan fingerprint density at radius 2 is 1.94 bits per heavy atom. The van der Waals surface area contributed by atoms with Gasteiger partial charge < -0.3 is 14.3 Å². The van der Waals surface area contributed by atoms with Crippen LogP contribution < -0.4 is 4.90 Å². The van der Waals surface area contributed by atoms with Crippen LogP contribution in [0.3, 0.4) is 0 Å². The maximum atomic E-state index is 15.1. The number of benzene rings is 1. The van der Waals surface area contributed by atoms with Gasteiger partial charge in [-0.3, -0.25) is 4.79 Å². The average Bonchev–Trinajstić information content (AvgIpc) is 3.32. The van der Waals surface area contributed by atoms with E-state index >= 15 is 4.39 Å². The summed E-state index contributed by atoms with van der Waals surface area (Å²) in [5.74, 6) is 2.00. The van der Waals surface area contributed by atoms with Gasteiger partial charge in [-0.05, 0) is 37.3 Å². The summed E-state index contributed by atoms with van der Waals surface area (Å²) < 4.78 is 20.7. The monoisotopic (exact) mass is 475 g/mol. The van der Waals surface area contributed by atoms with E-state index in [0.717, 1.165) is 41.8 Å². The highest BCUT2D eigenvalue weighted by molar-refractivity contribution is 5.73. The van der Waals surface area contributed by atoms with Crippen molar-refractivity contribution in [2.24, 2.45) is 5.92 Å². The van der Waals surface area contributed by atoms with Gasteiger partial charge in [-0.15, -0.1) is 0 Å². The van der Waals surface area contributed by atoms with E-state index in [1.807, 2.05) is 23.2 Å². The highest BCUT2D eigenvalue weighted by Gasteiger charge is 2.50. The molecule has 8 heteroatoms. The van der Waals surface area contributed by atoms with Gasteiger partial charge in [-0.25, -0.2) is 14.4 Å². The van der Waals surface area contributed by atoms with Crippen LogP contribution in [0, 0.1) is 11.7 Å². The lowest BCUT2D eigenvalue weighted by Gasteiger charge is -2.48. The van der Waals surface area contributed by atoms with Gasteiger partial charge in [0.1, 0.15) is 11.6 Å². The van der Waals surface area contributed by atoms with Crippen LogP contribution in [0.4, 0.5) is 10.3 Å². The van der Waals surface area contributed by atoms with Crippen LogP contribution in [0.5, 0.6) is 0 Å². The van der Waals surface area contributed by atoms with Gasteiger partial charge in [0, 0.05) is 61.1 Å². The Labute approximate surface area is 204 Å². The van der Waals surface area contributed by atoms with Gasteiger partial charge in [0.25, 0.3) is 0 Å². The molecule has 6 rings (SSSR count). The Morgan fingerprint density at radius 3 is 2.69 bits per heavy atom. The third-order valence-corrected chi connectivity index (χ3v) is 8.45. The molecule has 0 saturated carbocycles. The van der Waals surface area contributed by atoms with Gasteiger partial charge in [0.05, 0.1) is 17.6 Å². The first-order valence-electron chi connectivity index (χ1n) is 12.5. The summed E-state index contributed by atoms with van der Waals surface area (Å²) in [5, 5.41) is 4.09. The molecule has 3 aliphatic rings. The standard InChI is InChI=1S/C27H30FN5O2/c1-16-21-9-8-20-23(19-6-4-5-7-22(19)28)30-26(33-12-10-32(11-13-33)17(2)34)31-25(20)27(21,3)14-18-15-29-35-24(16)18/h4-7,15-16,21H,8-14H2,1-3H3/t16-,21-,27-/m1/s1. The van der Waals surface area contributed by atoms with Crippen molar-refractivity contribution >= 4 is 11.9 Å². The second-order valence-corrected chi connectivity index (χ2v) is 10.4. The Balaban J connectivity index is 1.50. The Bertz CT molecular complexity index is 1300. The van der Waals surface area contributed by atoms with Crippen LogP contribution in [0.15, 0.2) is 35.0 Å². The number of piperazine rings is 1. The smallest absolute Gasteiger partial charge is 0.226 e. The first kappa shape index (κ1) is 22.2. The molecule has 0 spiro atoms. The fraction of sp³-hybridized carbons (Fsp3) is 0.481. The predicted octanol–water partition coefficient (Wildman–Crippen LogP) is 4.12. The first-order chi connectivity index (χ1) is 16.9. The minimum absolute atomic E-state index is 0.0825. The van der Waals surface area contributed by atoms with Crippen molar-refractivity contribution in [1.82, 2.24) is 20.0 Å². The summed E-state index contributed by atoms with van der Waals surface area (Å²) in [6.45, 7) is 8.68. The van der Waals surface area contributed by atoms with E-state index in [1.54, 1.807) is 13.0 Å². The van der Waals surface area contributed by atoms with Crippen LogP contribution in [0.25, 0.3) is 11.3 Å². The fourth-order valence-corrected chi connectivity index (χ4v) is 6.59. The number of rotatable bonds is 2. The molecule has 1 amide bonds. The van der Waals surface area contributed by atoms with E-state index in [0.29, 0.717) is 49.3 Å². The zero-order valence-electron chi connectivity index (χ0n) is 20.4. The number of hydrogen-bond acceptors (Lipinski definition) is 6. The molecule has 2 aliphatic carbocycles. The maximum Gasteiger partial charge on any atom is 0.226 e. The molecule has 1 fully saturated rings. The summed E-state index contributed by atoms with van der Waals surface area (Å²) in [6, 6.07) is 6.87. The van der Waals surface area contributed by atoms with Crippen molar-refractivity contribution < 1.29 is 13.7 Å². The molecule has 1 aliphatic heterocycles. The number of carbonyl (C=O) groups excluding carboxylic acids is 1. The van der Waals surface area contributed by atoms with E-state index in [1.165, 1.54) is 6.07 Å². The molecule has 3 atom stereocenters. The fourth-order valence-electron chi connectivity index (χ4n) is 6.59. The molecular formula is C27H30FN5O2. The molecule has 2 aromatic heterocycles. The molecule has 35 heavy (non-hydrogen) atoms. The lowest BCUT2D eigenvalue weighted by molar-refractivity contribution is -0.129. The molecule has 0 radical (unpaired) electrons.